The van der Waals surface area contributed by atoms with E-state index >= 15 is 0 Å². The zero-order valence-corrected chi connectivity index (χ0v) is 24.9. The molecule has 0 saturated carbocycles. The van der Waals surface area contributed by atoms with Crippen molar-refractivity contribution >= 4 is 57.8 Å². The number of benzene rings is 1. The number of aromatic amines is 1. The molecule has 0 aliphatic rings. The summed E-state index contributed by atoms with van der Waals surface area (Å²) in [6.07, 6.45) is 1.20. The van der Waals surface area contributed by atoms with Crippen molar-refractivity contribution in [3.63, 3.8) is 0 Å². The third-order valence-electron chi connectivity index (χ3n) is 6.79. The number of nitrogens with zero attached hydrogens (tertiary/aromatic N) is 4. The molecule has 12 heteroatoms. The third kappa shape index (κ3) is 5.83. The molecule has 0 spiro atoms. The van der Waals surface area contributed by atoms with Crippen LogP contribution in [-0.4, -0.2) is 56.6 Å². The summed E-state index contributed by atoms with van der Waals surface area (Å²) in [4.78, 5) is 24.9. The zero-order chi connectivity index (χ0) is 28.3. The van der Waals surface area contributed by atoms with Crippen LogP contribution in [0.15, 0.2) is 18.2 Å². The molecule has 0 bridgehead atoms. The van der Waals surface area contributed by atoms with Gasteiger partial charge in [-0.05, 0) is 31.0 Å². The van der Waals surface area contributed by atoms with E-state index in [4.69, 9.17) is 37.8 Å². The van der Waals surface area contributed by atoms with Gasteiger partial charge in [0, 0.05) is 72.2 Å². The van der Waals surface area contributed by atoms with Crippen LogP contribution in [0.5, 0.6) is 0 Å². The molecule has 0 unspecified atom stereocenters. The second-order valence-electron chi connectivity index (χ2n) is 9.12. The molecule has 9 nitrogen and oxygen atoms in total. The molecule has 0 fully saturated rings. The molecule has 3 heterocycles. The number of nitrogens with one attached hydrogen (secondary N) is 1. The number of hydrogen-bond acceptors (Lipinski definition) is 7. The van der Waals surface area contributed by atoms with Crippen LogP contribution in [0.1, 0.15) is 45.2 Å². The molecule has 0 aliphatic heterocycles. The van der Waals surface area contributed by atoms with Crippen molar-refractivity contribution in [1.29, 1.82) is 0 Å². The number of aromatic nitrogens is 5. The Hall–Kier alpha value is -2.95. The minimum absolute atomic E-state index is 0.130. The van der Waals surface area contributed by atoms with Crippen LogP contribution in [0.2, 0.25) is 5.02 Å². The summed E-state index contributed by atoms with van der Waals surface area (Å²) in [6, 6.07) is 5.75. The number of esters is 2. The highest BCUT2D eigenvalue weighted by Gasteiger charge is 2.28. The largest absolute Gasteiger partial charge is 0.469 e. The Kier molecular flexibility index (Phi) is 9.30. The molecule has 208 valence electrons. The molecule has 0 aliphatic carbocycles. The first kappa shape index (κ1) is 29.0. The lowest BCUT2D eigenvalue weighted by Gasteiger charge is -2.11. The Morgan fingerprint density at radius 2 is 1.87 bits per heavy atom. The smallest absolute Gasteiger partial charge is 0.354 e. The number of carbonyl (C=O) groups is 2. The van der Waals surface area contributed by atoms with E-state index in [0.29, 0.717) is 40.1 Å². The van der Waals surface area contributed by atoms with Gasteiger partial charge in [0.15, 0.2) is 0 Å². The van der Waals surface area contributed by atoms with Gasteiger partial charge in [-0.25, -0.2) is 4.79 Å². The number of rotatable bonds is 11. The average molecular weight is 593 g/mol. The second-order valence-corrected chi connectivity index (χ2v) is 10.9. The van der Waals surface area contributed by atoms with E-state index in [2.05, 4.69) is 10.2 Å². The number of fused-ring (bicyclic) bond motifs is 1. The fourth-order valence-corrected chi connectivity index (χ4v) is 6.15. The van der Waals surface area contributed by atoms with E-state index in [1.54, 1.807) is 16.3 Å². The van der Waals surface area contributed by atoms with Crippen molar-refractivity contribution in [2.45, 2.75) is 37.7 Å². The minimum atomic E-state index is -0.484. The van der Waals surface area contributed by atoms with Gasteiger partial charge in [0.1, 0.15) is 5.69 Å². The lowest BCUT2D eigenvalue weighted by molar-refractivity contribution is -0.140. The number of H-pyrrole nitrogens is 1. The number of methoxy groups -OCH3 is 2. The van der Waals surface area contributed by atoms with Crippen LogP contribution >= 0.6 is 35.0 Å². The molecule has 0 saturated heterocycles. The van der Waals surface area contributed by atoms with Gasteiger partial charge in [0.25, 0.3) is 0 Å². The standard InChI is InChI=1S/C27H31Cl2N5O4S/c1-15-23(21(32-34(15)3)14-39-13-17-12-16(10-11-28)30-31-17)24-20(29)8-6-18-19(7-9-22(35)37-4)26(27(36)38-5)33(2)25(18)24/h6,8,12H,7,9-11,13-14H2,1-5H3,(H,30,31). The van der Waals surface area contributed by atoms with Crippen LogP contribution < -0.4 is 0 Å². The first-order chi connectivity index (χ1) is 18.7. The van der Waals surface area contributed by atoms with Crippen LogP contribution in [0.3, 0.4) is 0 Å². The van der Waals surface area contributed by atoms with E-state index in [0.717, 1.165) is 51.2 Å². The topological polar surface area (TPSA) is 104 Å². The molecular formula is C27H31Cl2N5O4S. The molecule has 3 aromatic heterocycles. The van der Waals surface area contributed by atoms with Crippen molar-refractivity contribution < 1.29 is 19.1 Å². The van der Waals surface area contributed by atoms with Crippen LogP contribution in [-0.2, 0) is 52.7 Å². The van der Waals surface area contributed by atoms with Crippen molar-refractivity contribution in [3.05, 3.63) is 57.3 Å². The van der Waals surface area contributed by atoms with E-state index in [9.17, 15) is 9.59 Å². The van der Waals surface area contributed by atoms with E-state index in [1.807, 2.05) is 43.9 Å². The fraction of sp³-hybridized carbons (Fsp3) is 0.407. The maximum atomic E-state index is 12.9. The molecule has 39 heavy (non-hydrogen) atoms. The highest BCUT2D eigenvalue weighted by molar-refractivity contribution is 7.97. The summed E-state index contributed by atoms with van der Waals surface area (Å²) in [7, 11) is 6.41. The molecule has 0 amide bonds. The summed E-state index contributed by atoms with van der Waals surface area (Å²) >= 11 is 14.4. The van der Waals surface area contributed by atoms with Crippen molar-refractivity contribution in [2.75, 3.05) is 20.1 Å². The molecule has 1 N–H and O–H groups in total. The minimum Gasteiger partial charge on any atom is -0.469 e. The van der Waals surface area contributed by atoms with Gasteiger partial charge < -0.3 is 14.0 Å². The van der Waals surface area contributed by atoms with Gasteiger partial charge >= 0.3 is 11.9 Å². The Balaban J connectivity index is 1.79. The lowest BCUT2D eigenvalue weighted by atomic mass is 9.98. The van der Waals surface area contributed by atoms with Gasteiger partial charge in [-0.1, -0.05) is 17.7 Å². The molecule has 4 rings (SSSR count). The Morgan fingerprint density at radius 3 is 2.56 bits per heavy atom. The number of alkyl halides is 1. The van der Waals surface area contributed by atoms with E-state index in [1.165, 1.54) is 14.2 Å². The Labute approximate surface area is 241 Å². The van der Waals surface area contributed by atoms with Crippen molar-refractivity contribution in [1.82, 2.24) is 24.5 Å². The summed E-state index contributed by atoms with van der Waals surface area (Å²) < 4.78 is 13.6. The molecule has 4 aromatic rings. The number of halogens is 2. The molecule has 0 radical (unpaired) electrons. The Morgan fingerprint density at radius 1 is 1.10 bits per heavy atom. The predicted octanol–water partition coefficient (Wildman–Crippen LogP) is 5.37. The monoisotopic (exact) mass is 591 g/mol. The average Bonchev–Trinajstić information content (AvgIpc) is 3.57. The van der Waals surface area contributed by atoms with Gasteiger partial charge in [0.05, 0.1) is 36.1 Å². The summed E-state index contributed by atoms with van der Waals surface area (Å²) in [6.45, 7) is 2.00. The van der Waals surface area contributed by atoms with E-state index in [-0.39, 0.29) is 12.4 Å². The predicted molar refractivity (Wildman–Crippen MR) is 155 cm³/mol. The third-order valence-corrected chi connectivity index (χ3v) is 8.27. The van der Waals surface area contributed by atoms with Gasteiger partial charge in [-0.3, -0.25) is 14.6 Å². The molecule has 0 atom stereocenters. The highest BCUT2D eigenvalue weighted by Crippen LogP contribution is 2.42. The first-order valence-corrected chi connectivity index (χ1v) is 14.4. The number of thioether (sulfide) groups is 1. The quantitative estimate of drug-likeness (QED) is 0.185. The lowest BCUT2D eigenvalue weighted by Crippen LogP contribution is -2.11. The normalized spacial score (nSPS) is 11.4. The molecular weight excluding hydrogens is 561 g/mol. The van der Waals surface area contributed by atoms with Crippen LogP contribution in [0, 0.1) is 6.92 Å². The van der Waals surface area contributed by atoms with Crippen LogP contribution in [0.4, 0.5) is 0 Å². The zero-order valence-electron chi connectivity index (χ0n) is 22.6. The summed E-state index contributed by atoms with van der Waals surface area (Å²) in [5.74, 6) is 1.04. The number of hydrogen-bond donors (Lipinski definition) is 1. The summed E-state index contributed by atoms with van der Waals surface area (Å²) in [5.41, 5.74) is 7.37. The maximum absolute atomic E-state index is 12.9. The van der Waals surface area contributed by atoms with Gasteiger partial charge in [-0.2, -0.15) is 10.2 Å². The number of ether oxygens (including phenoxy) is 2. The van der Waals surface area contributed by atoms with Gasteiger partial charge in [-0.15, -0.1) is 23.4 Å². The van der Waals surface area contributed by atoms with Crippen molar-refractivity contribution in [3.8, 4) is 11.1 Å². The van der Waals surface area contributed by atoms with Crippen LogP contribution in [0.25, 0.3) is 22.0 Å². The van der Waals surface area contributed by atoms with Gasteiger partial charge in [0.2, 0.25) is 0 Å². The SMILES string of the molecule is COC(=O)CCc1c(C(=O)OC)n(C)c2c(-c3c(CSCc4cc(CCCl)[nH]n4)nn(C)c3C)c(Cl)ccc12. The van der Waals surface area contributed by atoms with E-state index < -0.39 is 5.97 Å². The van der Waals surface area contributed by atoms with Crippen molar-refractivity contribution in [2.24, 2.45) is 14.1 Å². The summed E-state index contributed by atoms with van der Waals surface area (Å²) in [5, 5.41) is 13.6. The second kappa shape index (κ2) is 12.5. The Bertz CT molecular complexity index is 1520. The first-order valence-electron chi connectivity index (χ1n) is 12.4. The number of aryl methyl sites for hydroxylation is 4. The maximum Gasteiger partial charge on any atom is 0.354 e. The fourth-order valence-electron chi connectivity index (χ4n) is 4.85. The molecule has 1 aromatic carbocycles. The highest BCUT2D eigenvalue weighted by atomic mass is 35.5. The number of carbonyl (C=O) groups excluding carboxylic acids is 2.